The molecule has 0 aliphatic heterocycles. The number of carbonyl (C=O) groups is 1. The van der Waals surface area contributed by atoms with Crippen molar-refractivity contribution in [2.24, 2.45) is 0 Å². The van der Waals surface area contributed by atoms with Crippen LogP contribution in [0.5, 0.6) is 11.5 Å². The van der Waals surface area contributed by atoms with Crippen LogP contribution in [0.25, 0.3) is 0 Å². The van der Waals surface area contributed by atoms with Gasteiger partial charge in [-0.05, 0) is 42.3 Å². The number of methoxy groups -OCH3 is 1. The zero-order valence-electron chi connectivity index (χ0n) is 15.4. The number of nitrogens with one attached hydrogen (secondary N) is 1. The van der Waals surface area contributed by atoms with Crippen molar-refractivity contribution in [1.82, 2.24) is 5.48 Å². The molecular weight excluding hydrogens is 350 g/mol. The zero-order chi connectivity index (χ0) is 19.6. The first-order chi connectivity index (χ1) is 13.1. The second kappa shape index (κ2) is 10.5. The molecule has 2 aromatic rings. The van der Waals surface area contributed by atoms with Gasteiger partial charge in [-0.2, -0.15) is 0 Å². The smallest absolute Gasteiger partial charge is 0.272 e. The molecule has 7 heteroatoms. The van der Waals surface area contributed by atoms with Crippen LogP contribution in [0.1, 0.15) is 24.2 Å². The molecule has 2 rings (SSSR count). The third kappa shape index (κ3) is 6.25. The number of hydrogen-bond acceptors (Lipinski definition) is 6. The lowest BCUT2D eigenvalue weighted by Crippen LogP contribution is -2.36. The second-order valence-corrected chi connectivity index (χ2v) is 5.87. The predicted octanol–water partition coefficient (Wildman–Crippen LogP) is 2.26. The fraction of sp³-hybridized carbons (Fsp3) is 0.350. The second-order valence-electron chi connectivity index (χ2n) is 5.87. The van der Waals surface area contributed by atoms with E-state index in [1.807, 2.05) is 24.3 Å². The summed E-state index contributed by atoms with van der Waals surface area (Å²) in [4.78, 5) is 11.6. The number of aliphatic hydroxyl groups is 1. The summed E-state index contributed by atoms with van der Waals surface area (Å²) < 4.78 is 16.1. The van der Waals surface area contributed by atoms with E-state index in [-0.39, 0.29) is 6.61 Å². The first-order valence-electron chi connectivity index (χ1n) is 8.66. The van der Waals surface area contributed by atoms with Crippen LogP contribution in [0.15, 0.2) is 48.5 Å². The summed E-state index contributed by atoms with van der Waals surface area (Å²) in [6.07, 6.45) is -1.22. The monoisotopic (exact) mass is 375 g/mol. The molecule has 0 spiro atoms. The van der Waals surface area contributed by atoms with E-state index in [1.165, 1.54) is 0 Å². The molecule has 0 saturated heterocycles. The Hall–Kier alpha value is -2.61. The number of rotatable bonds is 10. The van der Waals surface area contributed by atoms with E-state index < -0.39 is 18.1 Å². The zero-order valence-corrected chi connectivity index (χ0v) is 15.4. The van der Waals surface area contributed by atoms with Crippen LogP contribution in [0, 0.1) is 0 Å². The largest absolute Gasteiger partial charge is 0.497 e. The standard InChI is InChI=1S/C20H25NO6/c1-3-26-19(20(23)21-24)11-14-7-9-16(10-8-14)27-13-18(22)15-5-4-6-17(12-15)25-2/h4-10,12,18-19,22,24H,3,11,13H2,1-2H3,(H,21,23)/t18-,19-/m1/s1. The highest BCUT2D eigenvalue weighted by molar-refractivity contribution is 5.79. The summed E-state index contributed by atoms with van der Waals surface area (Å²) in [5.74, 6) is 0.686. The van der Waals surface area contributed by atoms with E-state index in [1.54, 1.807) is 43.8 Å². The van der Waals surface area contributed by atoms with Crippen molar-refractivity contribution in [3.05, 3.63) is 59.7 Å². The van der Waals surface area contributed by atoms with Crippen molar-refractivity contribution in [3.63, 3.8) is 0 Å². The van der Waals surface area contributed by atoms with Crippen LogP contribution in [0.3, 0.4) is 0 Å². The van der Waals surface area contributed by atoms with Crippen molar-refractivity contribution < 1.29 is 29.3 Å². The number of hydrogen-bond donors (Lipinski definition) is 3. The maximum atomic E-state index is 11.6. The van der Waals surface area contributed by atoms with E-state index >= 15 is 0 Å². The molecule has 0 fully saturated rings. The number of amides is 1. The van der Waals surface area contributed by atoms with E-state index in [9.17, 15) is 9.90 Å². The summed E-state index contributed by atoms with van der Waals surface area (Å²) in [5, 5.41) is 19.0. The van der Waals surface area contributed by atoms with Crippen LogP contribution in [0.4, 0.5) is 0 Å². The van der Waals surface area contributed by atoms with E-state index in [2.05, 4.69) is 0 Å². The molecule has 146 valence electrons. The third-order valence-electron chi connectivity index (χ3n) is 4.00. The predicted molar refractivity (Wildman–Crippen MR) is 98.9 cm³/mol. The van der Waals surface area contributed by atoms with Crippen molar-refractivity contribution in [3.8, 4) is 11.5 Å². The topological polar surface area (TPSA) is 97.3 Å². The Morgan fingerprint density at radius 3 is 2.52 bits per heavy atom. The van der Waals surface area contributed by atoms with Gasteiger partial charge in [0.05, 0.1) is 7.11 Å². The lowest BCUT2D eigenvalue weighted by atomic mass is 10.1. The fourth-order valence-electron chi connectivity index (χ4n) is 2.56. The van der Waals surface area contributed by atoms with Crippen molar-refractivity contribution in [2.45, 2.75) is 25.6 Å². The van der Waals surface area contributed by atoms with Gasteiger partial charge < -0.3 is 19.3 Å². The molecule has 0 radical (unpaired) electrons. The molecule has 0 aliphatic carbocycles. The highest BCUT2D eigenvalue weighted by atomic mass is 16.5. The molecular formula is C20H25NO6. The van der Waals surface area contributed by atoms with Crippen LogP contribution in [0.2, 0.25) is 0 Å². The minimum absolute atomic E-state index is 0.0982. The number of hydroxylamine groups is 1. The molecule has 2 aromatic carbocycles. The molecule has 0 unspecified atom stereocenters. The molecule has 0 aliphatic rings. The van der Waals surface area contributed by atoms with Gasteiger partial charge in [0.2, 0.25) is 0 Å². The quantitative estimate of drug-likeness (QED) is 0.435. The summed E-state index contributed by atoms with van der Waals surface area (Å²) >= 11 is 0. The van der Waals surface area contributed by atoms with Gasteiger partial charge in [0.25, 0.3) is 5.91 Å². The van der Waals surface area contributed by atoms with Crippen molar-refractivity contribution in [2.75, 3.05) is 20.3 Å². The molecule has 7 nitrogen and oxygen atoms in total. The summed E-state index contributed by atoms with van der Waals surface area (Å²) in [6.45, 7) is 2.24. The highest BCUT2D eigenvalue weighted by Crippen LogP contribution is 2.21. The maximum Gasteiger partial charge on any atom is 0.272 e. The van der Waals surface area contributed by atoms with Crippen LogP contribution in [-0.4, -0.2) is 42.6 Å². The first-order valence-corrected chi connectivity index (χ1v) is 8.66. The average molecular weight is 375 g/mol. The Morgan fingerprint density at radius 2 is 1.89 bits per heavy atom. The molecule has 3 N–H and O–H groups in total. The minimum Gasteiger partial charge on any atom is -0.497 e. The van der Waals surface area contributed by atoms with Gasteiger partial charge in [0, 0.05) is 13.0 Å². The number of ether oxygens (including phenoxy) is 3. The molecule has 1 amide bonds. The van der Waals surface area contributed by atoms with Gasteiger partial charge in [-0.15, -0.1) is 0 Å². The van der Waals surface area contributed by atoms with Crippen LogP contribution >= 0.6 is 0 Å². The summed E-state index contributed by atoms with van der Waals surface area (Å²) in [6, 6.07) is 14.3. The molecule has 0 heterocycles. The lowest BCUT2D eigenvalue weighted by molar-refractivity contribution is -0.141. The van der Waals surface area contributed by atoms with Gasteiger partial charge in [-0.3, -0.25) is 10.0 Å². The number of benzene rings is 2. The Kier molecular flexibility index (Phi) is 8.06. The maximum absolute atomic E-state index is 11.6. The Balaban J connectivity index is 1.92. The fourth-order valence-corrected chi connectivity index (χ4v) is 2.56. The molecule has 2 atom stereocenters. The van der Waals surface area contributed by atoms with Gasteiger partial charge in [0.1, 0.15) is 30.3 Å². The molecule has 0 aromatic heterocycles. The molecule has 0 saturated carbocycles. The minimum atomic E-state index is -0.782. The van der Waals surface area contributed by atoms with Crippen molar-refractivity contribution in [1.29, 1.82) is 0 Å². The van der Waals surface area contributed by atoms with Crippen molar-refractivity contribution >= 4 is 5.91 Å². The average Bonchev–Trinajstić information content (AvgIpc) is 2.72. The highest BCUT2D eigenvalue weighted by Gasteiger charge is 2.18. The number of aliphatic hydroxyl groups excluding tert-OH is 1. The SMILES string of the molecule is CCO[C@H](Cc1ccc(OC[C@@H](O)c2cccc(OC)c2)cc1)C(=O)NO. The van der Waals surface area contributed by atoms with Crippen LogP contribution < -0.4 is 15.0 Å². The van der Waals surface area contributed by atoms with Crippen LogP contribution in [-0.2, 0) is 16.0 Å². The summed E-state index contributed by atoms with van der Waals surface area (Å²) in [5.41, 5.74) is 3.18. The molecule has 0 bridgehead atoms. The van der Waals surface area contributed by atoms with Gasteiger partial charge in [-0.1, -0.05) is 24.3 Å². The number of carbonyl (C=O) groups excluding carboxylic acids is 1. The lowest BCUT2D eigenvalue weighted by Gasteiger charge is -2.16. The Morgan fingerprint density at radius 1 is 1.15 bits per heavy atom. The normalized spacial score (nSPS) is 12.9. The van der Waals surface area contributed by atoms with E-state index in [0.29, 0.717) is 30.1 Å². The summed E-state index contributed by atoms with van der Waals surface area (Å²) in [7, 11) is 1.57. The van der Waals surface area contributed by atoms with Gasteiger partial charge >= 0.3 is 0 Å². The Labute approximate surface area is 158 Å². The van der Waals surface area contributed by atoms with E-state index in [4.69, 9.17) is 19.4 Å². The van der Waals surface area contributed by atoms with Gasteiger partial charge in [0.15, 0.2) is 0 Å². The van der Waals surface area contributed by atoms with E-state index in [0.717, 1.165) is 5.56 Å². The first kappa shape index (κ1) is 20.7. The molecule has 27 heavy (non-hydrogen) atoms. The van der Waals surface area contributed by atoms with Gasteiger partial charge in [-0.25, -0.2) is 5.48 Å². The third-order valence-corrected chi connectivity index (χ3v) is 4.00. The Bertz CT molecular complexity index is 719.